The fourth-order valence-corrected chi connectivity index (χ4v) is 1.22. The number of H-pyrrole nitrogens is 1. The molecule has 0 unspecified atom stereocenters. The number of carbonyl (C=O) groups excluding carboxylic acids is 1. The van der Waals surface area contributed by atoms with E-state index in [4.69, 9.17) is 0 Å². The van der Waals surface area contributed by atoms with Crippen LogP contribution >= 0.6 is 15.9 Å². The van der Waals surface area contributed by atoms with Gasteiger partial charge in [0.15, 0.2) is 0 Å². The number of aromatic nitrogens is 2. The Morgan fingerprint density at radius 1 is 1.73 bits per heavy atom. The highest BCUT2D eigenvalue weighted by Gasteiger charge is 1.99. The quantitative estimate of drug-likeness (QED) is 0.616. The summed E-state index contributed by atoms with van der Waals surface area (Å²) in [6.45, 7) is 0. The highest BCUT2D eigenvalue weighted by atomic mass is 79.9. The number of unbranched alkanes of at least 4 members (excludes halogenated alkanes) is 1. The van der Waals surface area contributed by atoms with E-state index in [0.29, 0.717) is 6.42 Å². The van der Waals surface area contributed by atoms with Crippen LogP contribution in [0.4, 0.5) is 0 Å². The SMILES string of the molecule is O=CCCCc1[nH]ncc1Br. The molecule has 11 heavy (non-hydrogen) atoms. The fraction of sp³-hybridized carbons (Fsp3) is 0.429. The van der Waals surface area contributed by atoms with Gasteiger partial charge in [0.05, 0.1) is 10.7 Å². The second kappa shape index (κ2) is 4.28. The Bertz CT molecular complexity index is 234. The number of halogens is 1. The first kappa shape index (κ1) is 8.46. The van der Waals surface area contributed by atoms with E-state index in [-0.39, 0.29) is 0 Å². The summed E-state index contributed by atoms with van der Waals surface area (Å²) in [5, 5.41) is 6.69. The molecule has 1 N–H and O–H groups in total. The summed E-state index contributed by atoms with van der Waals surface area (Å²) in [6, 6.07) is 0. The number of aromatic amines is 1. The molecule has 0 saturated carbocycles. The zero-order valence-corrected chi connectivity index (χ0v) is 7.60. The number of carbonyl (C=O) groups is 1. The maximum absolute atomic E-state index is 9.98. The van der Waals surface area contributed by atoms with Crippen LogP contribution in [0.1, 0.15) is 18.5 Å². The molecule has 0 spiro atoms. The average molecular weight is 217 g/mol. The van der Waals surface area contributed by atoms with Gasteiger partial charge in [0.25, 0.3) is 0 Å². The van der Waals surface area contributed by atoms with Crippen LogP contribution in [-0.4, -0.2) is 16.5 Å². The third-order valence-corrected chi connectivity index (χ3v) is 2.10. The molecule has 1 rings (SSSR count). The van der Waals surface area contributed by atoms with E-state index in [2.05, 4.69) is 26.1 Å². The fourth-order valence-electron chi connectivity index (χ4n) is 0.836. The van der Waals surface area contributed by atoms with Gasteiger partial charge in [0.2, 0.25) is 0 Å². The van der Waals surface area contributed by atoms with Crippen molar-refractivity contribution in [1.82, 2.24) is 10.2 Å². The lowest BCUT2D eigenvalue weighted by Gasteiger charge is -1.93. The van der Waals surface area contributed by atoms with Gasteiger partial charge in [-0.1, -0.05) is 0 Å². The molecule has 1 aromatic rings. The molecule has 0 radical (unpaired) electrons. The summed E-state index contributed by atoms with van der Waals surface area (Å²) in [4.78, 5) is 9.98. The van der Waals surface area contributed by atoms with Crippen LogP contribution < -0.4 is 0 Å². The molecule has 4 heteroatoms. The van der Waals surface area contributed by atoms with Crippen molar-refractivity contribution in [2.24, 2.45) is 0 Å². The van der Waals surface area contributed by atoms with E-state index in [0.717, 1.165) is 29.3 Å². The lowest BCUT2D eigenvalue weighted by Crippen LogP contribution is -1.87. The zero-order valence-electron chi connectivity index (χ0n) is 6.01. The molecule has 0 saturated heterocycles. The minimum atomic E-state index is 0.617. The van der Waals surface area contributed by atoms with E-state index >= 15 is 0 Å². The predicted molar refractivity (Wildman–Crippen MR) is 45.3 cm³/mol. The summed E-state index contributed by atoms with van der Waals surface area (Å²) >= 11 is 3.34. The van der Waals surface area contributed by atoms with Crippen molar-refractivity contribution in [3.63, 3.8) is 0 Å². The van der Waals surface area contributed by atoms with Gasteiger partial charge < -0.3 is 4.79 Å². The first-order valence-corrected chi connectivity index (χ1v) is 4.25. The van der Waals surface area contributed by atoms with Gasteiger partial charge in [0.1, 0.15) is 6.29 Å². The van der Waals surface area contributed by atoms with Crippen molar-refractivity contribution in [3.05, 3.63) is 16.4 Å². The Hall–Kier alpha value is -0.640. The third kappa shape index (κ3) is 2.46. The highest BCUT2D eigenvalue weighted by molar-refractivity contribution is 9.10. The van der Waals surface area contributed by atoms with Crippen LogP contribution in [0.15, 0.2) is 10.7 Å². The number of hydrogen-bond acceptors (Lipinski definition) is 2. The normalized spacial score (nSPS) is 9.91. The van der Waals surface area contributed by atoms with Gasteiger partial charge >= 0.3 is 0 Å². The second-order valence-electron chi connectivity index (χ2n) is 2.26. The molecule has 0 bridgehead atoms. The van der Waals surface area contributed by atoms with Gasteiger partial charge in [-0.05, 0) is 28.8 Å². The van der Waals surface area contributed by atoms with E-state index in [1.165, 1.54) is 0 Å². The topological polar surface area (TPSA) is 45.8 Å². The van der Waals surface area contributed by atoms with Crippen LogP contribution in [-0.2, 0) is 11.2 Å². The third-order valence-electron chi connectivity index (χ3n) is 1.41. The zero-order chi connectivity index (χ0) is 8.10. The van der Waals surface area contributed by atoms with E-state index in [1.807, 2.05) is 0 Å². The van der Waals surface area contributed by atoms with Crippen molar-refractivity contribution < 1.29 is 4.79 Å². The van der Waals surface area contributed by atoms with Crippen LogP contribution in [0.3, 0.4) is 0 Å². The minimum Gasteiger partial charge on any atom is -0.303 e. The van der Waals surface area contributed by atoms with Crippen LogP contribution in [0.25, 0.3) is 0 Å². The molecule has 0 atom stereocenters. The van der Waals surface area contributed by atoms with Gasteiger partial charge in [-0.3, -0.25) is 5.10 Å². The molecular weight excluding hydrogens is 208 g/mol. The monoisotopic (exact) mass is 216 g/mol. The first-order chi connectivity index (χ1) is 5.34. The Kier molecular flexibility index (Phi) is 3.29. The first-order valence-electron chi connectivity index (χ1n) is 3.46. The van der Waals surface area contributed by atoms with Gasteiger partial charge in [-0.25, -0.2) is 0 Å². The molecular formula is C7H9BrN2O. The molecule has 0 amide bonds. The summed E-state index contributed by atoms with van der Waals surface area (Å²) < 4.78 is 0.989. The molecule has 0 aliphatic rings. The molecule has 3 nitrogen and oxygen atoms in total. The van der Waals surface area contributed by atoms with Crippen molar-refractivity contribution in [1.29, 1.82) is 0 Å². The Balaban J connectivity index is 2.38. The second-order valence-corrected chi connectivity index (χ2v) is 3.11. The highest BCUT2D eigenvalue weighted by Crippen LogP contribution is 2.14. The van der Waals surface area contributed by atoms with Gasteiger partial charge in [0, 0.05) is 12.1 Å². The average Bonchev–Trinajstić information content (AvgIpc) is 2.37. The van der Waals surface area contributed by atoms with E-state index in [9.17, 15) is 4.79 Å². The number of rotatable bonds is 4. The Labute approximate surface area is 73.3 Å². The van der Waals surface area contributed by atoms with Crippen molar-refractivity contribution in [2.45, 2.75) is 19.3 Å². The van der Waals surface area contributed by atoms with E-state index in [1.54, 1.807) is 6.20 Å². The summed E-state index contributed by atoms with van der Waals surface area (Å²) in [5.41, 5.74) is 1.06. The lowest BCUT2D eigenvalue weighted by molar-refractivity contribution is -0.107. The van der Waals surface area contributed by atoms with Crippen LogP contribution in [0, 0.1) is 0 Å². The molecule has 1 heterocycles. The largest absolute Gasteiger partial charge is 0.303 e. The van der Waals surface area contributed by atoms with Crippen LogP contribution in [0.2, 0.25) is 0 Å². The standard InChI is InChI=1S/C7H9BrN2O/c8-6-5-9-10-7(6)3-1-2-4-11/h4-5H,1-3H2,(H,9,10). The van der Waals surface area contributed by atoms with Crippen molar-refractivity contribution >= 4 is 22.2 Å². The molecule has 1 aromatic heterocycles. The number of nitrogens with zero attached hydrogens (tertiary/aromatic N) is 1. The van der Waals surface area contributed by atoms with Gasteiger partial charge in [-0.2, -0.15) is 5.10 Å². The maximum Gasteiger partial charge on any atom is 0.120 e. The Morgan fingerprint density at radius 2 is 2.55 bits per heavy atom. The molecule has 0 aromatic carbocycles. The summed E-state index contributed by atoms with van der Waals surface area (Å²) in [7, 11) is 0. The summed E-state index contributed by atoms with van der Waals surface area (Å²) in [5.74, 6) is 0. The summed E-state index contributed by atoms with van der Waals surface area (Å²) in [6.07, 6.45) is 5.02. The lowest BCUT2D eigenvalue weighted by atomic mass is 10.2. The molecule has 0 aliphatic heterocycles. The number of nitrogens with one attached hydrogen (secondary N) is 1. The number of aldehydes is 1. The predicted octanol–water partition coefficient (Wildman–Crippen LogP) is 1.69. The van der Waals surface area contributed by atoms with E-state index < -0.39 is 0 Å². The number of aryl methyl sites for hydroxylation is 1. The van der Waals surface area contributed by atoms with Crippen molar-refractivity contribution in [3.8, 4) is 0 Å². The van der Waals surface area contributed by atoms with Crippen LogP contribution in [0.5, 0.6) is 0 Å². The molecule has 0 fully saturated rings. The maximum atomic E-state index is 9.98. The van der Waals surface area contributed by atoms with Crippen molar-refractivity contribution in [2.75, 3.05) is 0 Å². The number of hydrogen-bond donors (Lipinski definition) is 1. The molecule has 60 valence electrons. The Morgan fingerprint density at radius 3 is 3.09 bits per heavy atom. The smallest absolute Gasteiger partial charge is 0.120 e. The molecule has 0 aliphatic carbocycles. The minimum absolute atomic E-state index is 0.617. The van der Waals surface area contributed by atoms with Gasteiger partial charge in [-0.15, -0.1) is 0 Å².